The van der Waals surface area contributed by atoms with Crippen molar-refractivity contribution in [2.45, 2.75) is 39.3 Å². The number of pyridine rings is 1. The first-order valence-corrected chi connectivity index (χ1v) is 6.52. The van der Waals surface area contributed by atoms with Gasteiger partial charge in [0.15, 0.2) is 0 Å². The Hall–Kier alpha value is -1.09. The van der Waals surface area contributed by atoms with E-state index in [1.807, 2.05) is 19.3 Å². The van der Waals surface area contributed by atoms with E-state index in [9.17, 15) is 0 Å². The second kappa shape index (κ2) is 5.05. The number of anilines is 1. The van der Waals surface area contributed by atoms with Gasteiger partial charge in [0, 0.05) is 30.4 Å². The van der Waals surface area contributed by atoms with Gasteiger partial charge in [-0.05, 0) is 39.3 Å². The molecule has 0 amide bonds. The highest BCUT2D eigenvalue weighted by atomic mass is 15.2. The van der Waals surface area contributed by atoms with Crippen LogP contribution in [0.4, 0.5) is 5.82 Å². The van der Waals surface area contributed by atoms with Crippen LogP contribution >= 0.6 is 0 Å². The molecule has 0 spiro atoms. The van der Waals surface area contributed by atoms with Crippen LogP contribution in [0.25, 0.3) is 0 Å². The van der Waals surface area contributed by atoms with Crippen molar-refractivity contribution in [3.63, 3.8) is 0 Å². The molecule has 1 aromatic rings. The second-order valence-electron chi connectivity index (χ2n) is 5.27. The smallest absolute Gasteiger partial charge is 0.133 e. The third-order valence-electron chi connectivity index (χ3n) is 3.77. The minimum Gasteiger partial charge on any atom is -0.353 e. The van der Waals surface area contributed by atoms with Gasteiger partial charge in [0.05, 0.1) is 0 Å². The molecule has 0 aromatic carbocycles. The van der Waals surface area contributed by atoms with Gasteiger partial charge in [0.2, 0.25) is 0 Å². The predicted octanol–water partition coefficient (Wildman–Crippen LogP) is 2.60. The molecule has 0 aliphatic carbocycles. The molecule has 2 heterocycles. The SMILES string of the molecule is CNC(C)c1cccnc1N1CC(C)CC1C. The number of nitrogens with one attached hydrogen (secondary N) is 1. The first kappa shape index (κ1) is 12.4. The Bertz CT molecular complexity index is 377. The quantitative estimate of drug-likeness (QED) is 0.870. The monoisotopic (exact) mass is 233 g/mol. The highest BCUT2D eigenvalue weighted by Crippen LogP contribution is 2.31. The average molecular weight is 233 g/mol. The van der Waals surface area contributed by atoms with Gasteiger partial charge in [-0.2, -0.15) is 0 Å². The molecule has 3 atom stereocenters. The van der Waals surface area contributed by atoms with Crippen LogP contribution in [0.5, 0.6) is 0 Å². The van der Waals surface area contributed by atoms with E-state index in [-0.39, 0.29) is 0 Å². The summed E-state index contributed by atoms with van der Waals surface area (Å²) in [6.45, 7) is 7.93. The van der Waals surface area contributed by atoms with Crippen LogP contribution in [-0.2, 0) is 0 Å². The Morgan fingerprint density at radius 3 is 2.82 bits per heavy atom. The van der Waals surface area contributed by atoms with Gasteiger partial charge >= 0.3 is 0 Å². The van der Waals surface area contributed by atoms with Crippen molar-refractivity contribution in [2.24, 2.45) is 5.92 Å². The number of hydrogen-bond donors (Lipinski definition) is 1. The molecule has 1 saturated heterocycles. The Labute approximate surface area is 104 Å². The van der Waals surface area contributed by atoms with E-state index in [4.69, 9.17) is 0 Å². The predicted molar refractivity (Wildman–Crippen MR) is 72.3 cm³/mol. The van der Waals surface area contributed by atoms with Gasteiger partial charge in [0.1, 0.15) is 5.82 Å². The van der Waals surface area contributed by atoms with Crippen LogP contribution in [0.1, 0.15) is 38.8 Å². The molecule has 0 radical (unpaired) electrons. The average Bonchev–Trinajstić information content (AvgIpc) is 2.67. The van der Waals surface area contributed by atoms with Gasteiger partial charge in [-0.15, -0.1) is 0 Å². The summed E-state index contributed by atoms with van der Waals surface area (Å²) < 4.78 is 0. The van der Waals surface area contributed by atoms with E-state index in [1.165, 1.54) is 12.0 Å². The largest absolute Gasteiger partial charge is 0.353 e. The zero-order chi connectivity index (χ0) is 12.4. The van der Waals surface area contributed by atoms with E-state index in [1.54, 1.807) is 0 Å². The summed E-state index contributed by atoms with van der Waals surface area (Å²) in [5.74, 6) is 1.93. The minimum atomic E-state index is 0.349. The molecule has 1 N–H and O–H groups in total. The number of nitrogens with zero attached hydrogens (tertiary/aromatic N) is 2. The normalized spacial score (nSPS) is 26.2. The molecule has 94 valence electrons. The molecule has 1 fully saturated rings. The summed E-state index contributed by atoms with van der Waals surface area (Å²) >= 11 is 0. The first-order chi connectivity index (χ1) is 8.13. The van der Waals surface area contributed by atoms with Crippen molar-refractivity contribution >= 4 is 5.82 Å². The number of hydrogen-bond acceptors (Lipinski definition) is 3. The molecule has 3 nitrogen and oxygen atoms in total. The van der Waals surface area contributed by atoms with Gasteiger partial charge in [0.25, 0.3) is 0 Å². The highest BCUT2D eigenvalue weighted by Gasteiger charge is 2.29. The van der Waals surface area contributed by atoms with Crippen LogP contribution in [0, 0.1) is 5.92 Å². The minimum absolute atomic E-state index is 0.349. The standard InChI is InChI=1S/C14H23N3/c1-10-8-11(2)17(9-10)14-13(12(3)15-4)6-5-7-16-14/h5-7,10-12,15H,8-9H2,1-4H3. The van der Waals surface area contributed by atoms with E-state index in [2.05, 4.69) is 42.0 Å². The second-order valence-corrected chi connectivity index (χ2v) is 5.27. The lowest BCUT2D eigenvalue weighted by Gasteiger charge is -2.27. The van der Waals surface area contributed by atoms with Crippen LogP contribution < -0.4 is 10.2 Å². The Morgan fingerprint density at radius 2 is 2.24 bits per heavy atom. The van der Waals surface area contributed by atoms with Gasteiger partial charge < -0.3 is 10.2 Å². The summed E-state index contributed by atoms with van der Waals surface area (Å²) in [6.07, 6.45) is 3.17. The molecular formula is C14H23N3. The van der Waals surface area contributed by atoms with Crippen molar-refractivity contribution in [2.75, 3.05) is 18.5 Å². The van der Waals surface area contributed by atoms with E-state index in [0.717, 1.165) is 18.3 Å². The molecule has 0 saturated carbocycles. The molecule has 3 heteroatoms. The Kier molecular flexibility index (Phi) is 3.67. The van der Waals surface area contributed by atoms with Crippen molar-refractivity contribution in [3.05, 3.63) is 23.9 Å². The summed E-state index contributed by atoms with van der Waals surface area (Å²) in [5.41, 5.74) is 1.30. The number of rotatable bonds is 3. The Morgan fingerprint density at radius 1 is 1.47 bits per heavy atom. The molecule has 0 bridgehead atoms. The lowest BCUT2D eigenvalue weighted by atomic mass is 10.1. The van der Waals surface area contributed by atoms with Crippen molar-refractivity contribution in [1.82, 2.24) is 10.3 Å². The third kappa shape index (κ3) is 2.44. The highest BCUT2D eigenvalue weighted by molar-refractivity contribution is 5.50. The third-order valence-corrected chi connectivity index (χ3v) is 3.77. The molecule has 1 aromatic heterocycles. The molecule has 2 rings (SSSR count). The summed E-state index contributed by atoms with van der Waals surface area (Å²) in [5, 5.41) is 3.30. The van der Waals surface area contributed by atoms with Crippen LogP contribution in [-0.4, -0.2) is 24.6 Å². The maximum Gasteiger partial charge on any atom is 0.133 e. The van der Waals surface area contributed by atoms with Crippen molar-refractivity contribution < 1.29 is 0 Å². The Balaban J connectivity index is 2.31. The first-order valence-electron chi connectivity index (χ1n) is 6.52. The maximum atomic E-state index is 4.60. The van der Waals surface area contributed by atoms with Crippen LogP contribution in [0.2, 0.25) is 0 Å². The van der Waals surface area contributed by atoms with E-state index < -0.39 is 0 Å². The van der Waals surface area contributed by atoms with Crippen molar-refractivity contribution in [3.8, 4) is 0 Å². The fourth-order valence-electron chi connectivity index (χ4n) is 2.74. The fraction of sp³-hybridized carbons (Fsp3) is 0.643. The number of aromatic nitrogens is 1. The van der Waals surface area contributed by atoms with Crippen molar-refractivity contribution in [1.29, 1.82) is 0 Å². The van der Waals surface area contributed by atoms with Gasteiger partial charge in [-0.3, -0.25) is 0 Å². The summed E-state index contributed by atoms with van der Waals surface area (Å²) in [6, 6.07) is 5.15. The molecule has 3 unspecified atom stereocenters. The lowest BCUT2D eigenvalue weighted by Crippen LogP contribution is -2.30. The zero-order valence-corrected chi connectivity index (χ0v) is 11.3. The van der Waals surface area contributed by atoms with Gasteiger partial charge in [-0.25, -0.2) is 4.98 Å². The fourth-order valence-corrected chi connectivity index (χ4v) is 2.74. The molecule has 17 heavy (non-hydrogen) atoms. The van der Waals surface area contributed by atoms with E-state index in [0.29, 0.717) is 12.1 Å². The topological polar surface area (TPSA) is 28.2 Å². The van der Waals surface area contributed by atoms with E-state index >= 15 is 0 Å². The summed E-state index contributed by atoms with van der Waals surface area (Å²) in [7, 11) is 2.00. The molecule has 1 aliphatic heterocycles. The molecular weight excluding hydrogens is 210 g/mol. The van der Waals surface area contributed by atoms with Crippen LogP contribution in [0.15, 0.2) is 18.3 Å². The maximum absolute atomic E-state index is 4.60. The zero-order valence-electron chi connectivity index (χ0n) is 11.3. The van der Waals surface area contributed by atoms with Crippen LogP contribution in [0.3, 0.4) is 0 Å². The molecule has 1 aliphatic rings. The lowest BCUT2D eigenvalue weighted by molar-refractivity contribution is 0.624. The summed E-state index contributed by atoms with van der Waals surface area (Å²) in [4.78, 5) is 7.05. The van der Waals surface area contributed by atoms with Gasteiger partial charge in [-0.1, -0.05) is 13.0 Å².